The number of ether oxygens (including phenoxy) is 1. The van der Waals surface area contributed by atoms with Gasteiger partial charge in [0.05, 0.1) is 25.2 Å². The molecule has 0 bridgehead atoms. The largest absolute Gasteiger partial charge is 0.391 e. The Balaban J connectivity index is 0.00000220. The number of nitrogens with one attached hydrogen (secondary N) is 1. The molecule has 0 aromatic rings. The number of β-amino-alcohol motifs (C(OH)–C–C–N with tert-alkyl or cyclic N) is 1. The minimum absolute atomic E-state index is 0. The van der Waals surface area contributed by atoms with Crippen LogP contribution in [0.5, 0.6) is 0 Å². The maximum absolute atomic E-state index is 12.2. The zero-order chi connectivity index (χ0) is 14.5. The number of hydrogen-bond donors (Lipinski definition) is 2. The van der Waals surface area contributed by atoms with Gasteiger partial charge >= 0.3 is 0 Å². The number of carbonyl (C=O) groups excluding carboxylic acids is 2. The summed E-state index contributed by atoms with van der Waals surface area (Å²) in [5.74, 6) is -0.109. The molecule has 2 saturated heterocycles. The van der Waals surface area contributed by atoms with Crippen LogP contribution in [0.15, 0.2) is 0 Å². The van der Waals surface area contributed by atoms with Gasteiger partial charge in [0.1, 0.15) is 0 Å². The summed E-state index contributed by atoms with van der Waals surface area (Å²) in [5, 5.41) is 12.5. The monoisotopic (exact) mass is 321 g/mol. The zero-order valence-electron chi connectivity index (χ0n) is 12.3. The van der Waals surface area contributed by atoms with Crippen molar-refractivity contribution in [1.82, 2.24) is 15.1 Å². The van der Waals surface area contributed by atoms with Crippen LogP contribution in [0.4, 0.5) is 0 Å². The molecule has 2 heterocycles. The summed E-state index contributed by atoms with van der Waals surface area (Å²) in [6.07, 6.45) is 0.361. The van der Waals surface area contributed by atoms with Crippen LogP contribution in [0.1, 0.15) is 12.8 Å². The van der Waals surface area contributed by atoms with Gasteiger partial charge in [-0.25, -0.2) is 0 Å². The highest BCUT2D eigenvalue weighted by atomic mass is 35.5. The maximum atomic E-state index is 12.2. The van der Waals surface area contributed by atoms with Gasteiger partial charge in [0, 0.05) is 39.8 Å². The fourth-order valence-electron chi connectivity index (χ4n) is 2.65. The molecule has 0 spiro atoms. The number of halogens is 1. The van der Waals surface area contributed by atoms with E-state index in [0.717, 1.165) is 0 Å². The van der Waals surface area contributed by atoms with Crippen LogP contribution in [0, 0.1) is 0 Å². The SMILES string of the molecule is COCCN1CCNC(CC(=O)N2CCC(O)C2)C1=O.Cl. The molecular weight excluding hydrogens is 298 g/mol. The van der Waals surface area contributed by atoms with Crippen LogP contribution in [-0.2, 0) is 14.3 Å². The summed E-state index contributed by atoms with van der Waals surface area (Å²) in [6.45, 7) is 3.36. The number of nitrogens with zero attached hydrogens (tertiary/aromatic N) is 2. The molecule has 0 aromatic carbocycles. The number of piperazine rings is 1. The standard InChI is InChI=1S/C13H23N3O4.ClH/c1-20-7-6-15-5-3-14-11(13(15)19)8-12(18)16-4-2-10(17)9-16;/h10-11,14,17H,2-9H2,1H3;1H. The van der Waals surface area contributed by atoms with E-state index in [4.69, 9.17) is 4.74 Å². The molecule has 2 aliphatic heterocycles. The molecule has 0 aromatic heterocycles. The molecule has 2 amide bonds. The Morgan fingerprint density at radius 3 is 2.86 bits per heavy atom. The first-order valence-electron chi connectivity index (χ1n) is 7.08. The van der Waals surface area contributed by atoms with Gasteiger partial charge in [0.2, 0.25) is 11.8 Å². The third-order valence-corrected chi connectivity index (χ3v) is 3.84. The highest BCUT2D eigenvalue weighted by Gasteiger charge is 2.32. The number of methoxy groups -OCH3 is 1. The second-order valence-electron chi connectivity index (χ2n) is 5.31. The number of likely N-dealkylation sites (tertiary alicyclic amines) is 1. The lowest BCUT2D eigenvalue weighted by atomic mass is 10.1. The van der Waals surface area contributed by atoms with Gasteiger partial charge in [-0.15, -0.1) is 12.4 Å². The third-order valence-electron chi connectivity index (χ3n) is 3.84. The van der Waals surface area contributed by atoms with E-state index in [1.165, 1.54) is 0 Å². The fourth-order valence-corrected chi connectivity index (χ4v) is 2.65. The topological polar surface area (TPSA) is 82.1 Å². The molecule has 2 unspecified atom stereocenters. The van der Waals surface area contributed by atoms with Crippen molar-refractivity contribution in [2.24, 2.45) is 0 Å². The highest BCUT2D eigenvalue weighted by molar-refractivity contribution is 5.89. The summed E-state index contributed by atoms with van der Waals surface area (Å²) in [6, 6.07) is -0.453. The van der Waals surface area contributed by atoms with Crippen LogP contribution in [0.2, 0.25) is 0 Å². The number of carbonyl (C=O) groups is 2. The van der Waals surface area contributed by atoms with Crippen LogP contribution in [0.3, 0.4) is 0 Å². The van der Waals surface area contributed by atoms with Crippen molar-refractivity contribution in [2.45, 2.75) is 25.0 Å². The number of hydrogen-bond acceptors (Lipinski definition) is 5. The van der Waals surface area contributed by atoms with E-state index >= 15 is 0 Å². The minimum atomic E-state index is -0.453. The van der Waals surface area contributed by atoms with Crippen LogP contribution >= 0.6 is 12.4 Å². The van der Waals surface area contributed by atoms with Crippen molar-refractivity contribution in [2.75, 3.05) is 46.4 Å². The second-order valence-corrected chi connectivity index (χ2v) is 5.31. The lowest BCUT2D eigenvalue weighted by Crippen LogP contribution is -2.56. The molecule has 21 heavy (non-hydrogen) atoms. The van der Waals surface area contributed by atoms with Crippen molar-refractivity contribution < 1.29 is 19.4 Å². The van der Waals surface area contributed by atoms with Crippen LogP contribution in [-0.4, -0.2) is 85.3 Å². The minimum Gasteiger partial charge on any atom is -0.391 e. The molecule has 0 radical (unpaired) electrons. The maximum Gasteiger partial charge on any atom is 0.240 e. The van der Waals surface area contributed by atoms with Gasteiger partial charge in [-0.2, -0.15) is 0 Å². The van der Waals surface area contributed by atoms with Gasteiger partial charge in [-0.1, -0.05) is 0 Å². The van der Waals surface area contributed by atoms with Crippen LogP contribution in [0.25, 0.3) is 0 Å². The Bertz CT molecular complexity index is 369. The van der Waals surface area contributed by atoms with E-state index in [1.807, 2.05) is 0 Å². The van der Waals surface area contributed by atoms with Gasteiger partial charge in [0.25, 0.3) is 0 Å². The molecule has 122 valence electrons. The average Bonchev–Trinajstić information content (AvgIpc) is 2.86. The van der Waals surface area contributed by atoms with E-state index in [9.17, 15) is 14.7 Å². The van der Waals surface area contributed by atoms with E-state index in [-0.39, 0.29) is 30.6 Å². The summed E-state index contributed by atoms with van der Waals surface area (Å²) >= 11 is 0. The highest BCUT2D eigenvalue weighted by Crippen LogP contribution is 2.13. The number of rotatable bonds is 5. The predicted molar refractivity (Wildman–Crippen MR) is 79.3 cm³/mol. The normalized spacial score (nSPS) is 25.9. The molecule has 2 aliphatic rings. The van der Waals surface area contributed by atoms with Gasteiger partial charge in [-0.05, 0) is 6.42 Å². The Morgan fingerprint density at radius 2 is 2.24 bits per heavy atom. The number of aliphatic hydroxyl groups is 1. The summed E-state index contributed by atoms with van der Waals surface area (Å²) in [4.78, 5) is 27.7. The molecule has 2 fully saturated rings. The number of amides is 2. The molecule has 0 saturated carbocycles. The predicted octanol–water partition coefficient (Wildman–Crippen LogP) is -1.16. The van der Waals surface area contributed by atoms with Crippen molar-refractivity contribution in [1.29, 1.82) is 0 Å². The van der Waals surface area contributed by atoms with Gasteiger partial charge in [0.15, 0.2) is 0 Å². The summed E-state index contributed by atoms with van der Waals surface area (Å²) in [7, 11) is 1.60. The lowest BCUT2D eigenvalue weighted by Gasteiger charge is -2.33. The lowest BCUT2D eigenvalue weighted by molar-refractivity contribution is -0.141. The van der Waals surface area contributed by atoms with Gasteiger partial charge in [-0.3, -0.25) is 9.59 Å². The van der Waals surface area contributed by atoms with Crippen LogP contribution < -0.4 is 5.32 Å². The van der Waals surface area contributed by atoms with E-state index in [1.54, 1.807) is 16.9 Å². The Kier molecular flexibility index (Phi) is 7.37. The van der Waals surface area contributed by atoms with Gasteiger partial charge < -0.3 is 25.0 Å². The molecule has 7 nitrogen and oxygen atoms in total. The Morgan fingerprint density at radius 1 is 1.48 bits per heavy atom. The molecule has 2 N–H and O–H groups in total. The average molecular weight is 322 g/mol. The first-order chi connectivity index (χ1) is 9.61. The second kappa shape index (κ2) is 8.53. The molecule has 2 atom stereocenters. The summed E-state index contributed by atoms with van der Waals surface area (Å²) in [5.41, 5.74) is 0. The first kappa shape index (κ1) is 18.2. The van der Waals surface area contributed by atoms with Crippen molar-refractivity contribution in [3.8, 4) is 0 Å². The smallest absolute Gasteiger partial charge is 0.240 e. The van der Waals surface area contributed by atoms with E-state index in [2.05, 4.69) is 5.32 Å². The zero-order valence-corrected chi connectivity index (χ0v) is 13.1. The van der Waals surface area contributed by atoms with E-state index in [0.29, 0.717) is 45.8 Å². The van der Waals surface area contributed by atoms with Crippen molar-refractivity contribution >= 4 is 24.2 Å². The number of aliphatic hydroxyl groups excluding tert-OH is 1. The molecule has 2 rings (SSSR count). The van der Waals surface area contributed by atoms with Crippen molar-refractivity contribution in [3.05, 3.63) is 0 Å². The fraction of sp³-hybridized carbons (Fsp3) is 0.846. The Labute approximate surface area is 131 Å². The quantitative estimate of drug-likeness (QED) is 0.667. The van der Waals surface area contributed by atoms with Crippen molar-refractivity contribution in [3.63, 3.8) is 0 Å². The summed E-state index contributed by atoms with van der Waals surface area (Å²) < 4.78 is 4.99. The first-order valence-corrected chi connectivity index (χ1v) is 7.08. The molecule has 8 heteroatoms. The molecule has 0 aliphatic carbocycles. The molecular formula is C13H24ClN3O4. The van der Waals surface area contributed by atoms with E-state index < -0.39 is 12.1 Å². The Hall–Kier alpha value is -0.890. The third kappa shape index (κ3) is 4.81.